The van der Waals surface area contributed by atoms with Crippen molar-refractivity contribution in [2.75, 3.05) is 5.43 Å². The number of nitrogens with zero attached hydrogens (tertiary/aromatic N) is 2. The minimum Gasteiger partial charge on any atom is -0.307 e. The molecule has 4 nitrogen and oxygen atoms in total. The lowest BCUT2D eigenvalue weighted by atomic mass is 10.0. The van der Waals surface area contributed by atoms with E-state index in [1.54, 1.807) is 12.4 Å². The number of anilines is 1. The summed E-state index contributed by atoms with van der Waals surface area (Å²) in [6, 6.07) is 6.21. The quantitative estimate of drug-likeness (QED) is 0.593. The maximum absolute atomic E-state index is 5.42. The van der Waals surface area contributed by atoms with E-state index in [9.17, 15) is 0 Å². The molecular formula is C12H14N4. The van der Waals surface area contributed by atoms with Crippen molar-refractivity contribution in [2.45, 2.75) is 13.8 Å². The summed E-state index contributed by atoms with van der Waals surface area (Å²) in [6.45, 7) is 4.12. The first-order valence-electron chi connectivity index (χ1n) is 5.07. The SMILES string of the molecule is Cc1ccc(-c2nccnc2NN)c(C)c1. The Morgan fingerprint density at radius 2 is 1.88 bits per heavy atom. The van der Waals surface area contributed by atoms with Crippen LogP contribution in [0.1, 0.15) is 11.1 Å². The molecule has 0 aliphatic rings. The minimum atomic E-state index is 0.592. The Hall–Kier alpha value is -1.94. The molecule has 2 aromatic rings. The monoisotopic (exact) mass is 214 g/mol. The van der Waals surface area contributed by atoms with Gasteiger partial charge >= 0.3 is 0 Å². The lowest BCUT2D eigenvalue weighted by molar-refractivity contribution is 1.16. The summed E-state index contributed by atoms with van der Waals surface area (Å²) in [6.07, 6.45) is 3.28. The van der Waals surface area contributed by atoms with Gasteiger partial charge in [0.2, 0.25) is 0 Å². The number of benzene rings is 1. The van der Waals surface area contributed by atoms with Gasteiger partial charge in [0, 0.05) is 18.0 Å². The zero-order valence-corrected chi connectivity index (χ0v) is 9.36. The average molecular weight is 214 g/mol. The van der Waals surface area contributed by atoms with Crippen LogP contribution in [-0.4, -0.2) is 9.97 Å². The highest BCUT2D eigenvalue weighted by molar-refractivity contribution is 5.73. The van der Waals surface area contributed by atoms with Crippen molar-refractivity contribution in [1.29, 1.82) is 0 Å². The highest BCUT2D eigenvalue weighted by atomic mass is 15.3. The van der Waals surface area contributed by atoms with E-state index in [0.717, 1.165) is 16.8 Å². The van der Waals surface area contributed by atoms with Gasteiger partial charge in [0.25, 0.3) is 0 Å². The Kier molecular flexibility index (Phi) is 2.83. The Morgan fingerprint density at radius 1 is 1.12 bits per heavy atom. The Bertz CT molecular complexity index is 508. The Labute approximate surface area is 94.5 Å². The number of nitrogen functional groups attached to an aromatic ring is 1. The minimum absolute atomic E-state index is 0.592. The first-order chi connectivity index (χ1) is 7.72. The molecule has 0 atom stereocenters. The van der Waals surface area contributed by atoms with Crippen LogP contribution >= 0.6 is 0 Å². The van der Waals surface area contributed by atoms with Crippen LogP contribution in [0, 0.1) is 13.8 Å². The summed E-state index contributed by atoms with van der Waals surface area (Å²) < 4.78 is 0. The lowest BCUT2D eigenvalue weighted by Gasteiger charge is -2.09. The first-order valence-corrected chi connectivity index (χ1v) is 5.07. The van der Waals surface area contributed by atoms with Gasteiger partial charge in [-0.05, 0) is 19.4 Å². The summed E-state index contributed by atoms with van der Waals surface area (Å²) in [5.74, 6) is 6.01. The fraction of sp³-hybridized carbons (Fsp3) is 0.167. The van der Waals surface area contributed by atoms with E-state index < -0.39 is 0 Å². The predicted octanol–water partition coefficient (Wildman–Crippen LogP) is 2.05. The van der Waals surface area contributed by atoms with Gasteiger partial charge in [-0.15, -0.1) is 0 Å². The van der Waals surface area contributed by atoms with Gasteiger partial charge in [0.05, 0.1) is 0 Å². The van der Waals surface area contributed by atoms with Crippen molar-refractivity contribution in [3.8, 4) is 11.3 Å². The third-order valence-corrected chi connectivity index (χ3v) is 2.47. The van der Waals surface area contributed by atoms with Gasteiger partial charge < -0.3 is 5.43 Å². The molecule has 0 radical (unpaired) electrons. The number of hydrazine groups is 1. The molecule has 0 spiro atoms. The zero-order valence-electron chi connectivity index (χ0n) is 9.36. The standard InChI is InChI=1S/C12H14N4/c1-8-3-4-10(9(2)7-8)11-12(16-13)15-6-5-14-11/h3-7H,13H2,1-2H3,(H,15,16). The summed E-state index contributed by atoms with van der Waals surface area (Å²) in [4.78, 5) is 8.44. The number of hydrogen-bond acceptors (Lipinski definition) is 4. The lowest BCUT2D eigenvalue weighted by Crippen LogP contribution is -2.10. The van der Waals surface area contributed by atoms with E-state index in [1.165, 1.54) is 5.56 Å². The van der Waals surface area contributed by atoms with Crippen LogP contribution in [0.2, 0.25) is 0 Å². The van der Waals surface area contributed by atoms with Gasteiger partial charge in [-0.3, -0.25) is 4.98 Å². The topological polar surface area (TPSA) is 63.8 Å². The number of nitrogens with one attached hydrogen (secondary N) is 1. The Balaban J connectivity index is 2.58. The molecule has 0 fully saturated rings. The molecule has 0 saturated carbocycles. The van der Waals surface area contributed by atoms with Crippen molar-refractivity contribution in [3.63, 3.8) is 0 Å². The van der Waals surface area contributed by atoms with Crippen LogP contribution in [0.3, 0.4) is 0 Å². The molecule has 0 amide bonds. The van der Waals surface area contributed by atoms with Crippen molar-refractivity contribution in [3.05, 3.63) is 41.7 Å². The van der Waals surface area contributed by atoms with E-state index in [-0.39, 0.29) is 0 Å². The van der Waals surface area contributed by atoms with E-state index in [4.69, 9.17) is 5.84 Å². The fourth-order valence-electron chi connectivity index (χ4n) is 1.72. The van der Waals surface area contributed by atoms with Crippen molar-refractivity contribution in [1.82, 2.24) is 9.97 Å². The highest BCUT2D eigenvalue weighted by Crippen LogP contribution is 2.26. The van der Waals surface area contributed by atoms with Crippen LogP contribution < -0.4 is 11.3 Å². The molecule has 16 heavy (non-hydrogen) atoms. The van der Waals surface area contributed by atoms with E-state index in [1.807, 2.05) is 6.07 Å². The summed E-state index contributed by atoms with van der Waals surface area (Å²) in [7, 11) is 0. The summed E-state index contributed by atoms with van der Waals surface area (Å²) in [5, 5.41) is 0. The second-order valence-corrected chi connectivity index (χ2v) is 3.72. The second kappa shape index (κ2) is 4.28. The first kappa shape index (κ1) is 10.6. The van der Waals surface area contributed by atoms with Crippen molar-refractivity contribution in [2.24, 2.45) is 5.84 Å². The number of aryl methyl sites for hydroxylation is 2. The maximum Gasteiger partial charge on any atom is 0.166 e. The van der Waals surface area contributed by atoms with Gasteiger partial charge in [-0.2, -0.15) is 0 Å². The van der Waals surface area contributed by atoms with Gasteiger partial charge in [0.1, 0.15) is 5.69 Å². The van der Waals surface area contributed by atoms with Crippen molar-refractivity contribution >= 4 is 5.82 Å². The van der Waals surface area contributed by atoms with Crippen molar-refractivity contribution < 1.29 is 0 Å². The molecule has 1 heterocycles. The maximum atomic E-state index is 5.42. The number of aromatic nitrogens is 2. The zero-order chi connectivity index (χ0) is 11.5. The molecule has 1 aromatic heterocycles. The van der Waals surface area contributed by atoms with Crippen LogP contribution in [0.25, 0.3) is 11.3 Å². The van der Waals surface area contributed by atoms with Crippen LogP contribution in [0.5, 0.6) is 0 Å². The highest BCUT2D eigenvalue weighted by Gasteiger charge is 2.08. The predicted molar refractivity (Wildman–Crippen MR) is 64.8 cm³/mol. The van der Waals surface area contributed by atoms with E-state index in [2.05, 4.69) is 41.4 Å². The molecule has 0 bridgehead atoms. The molecule has 2 rings (SSSR count). The van der Waals surface area contributed by atoms with Gasteiger partial charge in [-0.1, -0.05) is 23.8 Å². The average Bonchev–Trinajstić information content (AvgIpc) is 2.29. The molecular weight excluding hydrogens is 200 g/mol. The third-order valence-electron chi connectivity index (χ3n) is 2.47. The van der Waals surface area contributed by atoms with E-state index in [0.29, 0.717) is 5.82 Å². The van der Waals surface area contributed by atoms with Crippen LogP contribution in [-0.2, 0) is 0 Å². The fourth-order valence-corrected chi connectivity index (χ4v) is 1.72. The molecule has 3 N–H and O–H groups in total. The normalized spacial score (nSPS) is 10.2. The van der Waals surface area contributed by atoms with Gasteiger partial charge in [0.15, 0.2) is 5.82 Å². The molecule has 0 aliphatic heterocycles. The molecule has 0 saturated heterocycles. The molecule has 4 heteroatoms. The number of nitrogens with two attached hydrogens (primary N) is 1. The number of rotatable bonds is 2. The van der Waals surface area contributed by atoms with E-state index >= 15 is 0 Å². The Morgan fingerprint density at radius 3 is 2.56 bits per heavy atom. The second-order valence-electron chi connectivity index (χ2n) is 3.72. The largest absolute Gasteiger partial charge is 0.307 e. The number of hydrogen-bond donors (Lipinski definition) is 2. The molecule has 0 unspecified atom stereocenters. The third kappa shape index (κ3) is 1.87. The van der Waals surface area contributed by atoms with Gasteiger partial charge in [-0.25, -0.2) is 10.8 Å². The summed E-state index contributed by atoms with van der Waals surface area (Å²) in [5.41, 5.74) is 6.78. The van der Waals surface area contributed by atoms with Crippen LogP contribution in [0.15, 0.2) is 30.6 Å². The smallest absolute Gasteiger partial charge is 0.166 e. The summed E-state index contributed by atoms with van der Waals surface area (Å²) >= 11 is 0. The molecule has 1 aromatic carbocycles. The van der Waals surface area contributed by atoms with Crippen LogP contribution in [0.4, 0.5) is 5.82 Å². The molecule has 0 aliphatic carbocycles. The molecule has 82 valence electrons.